The molecule has 0 aliphatic carbocycles. The molecule has 2 N–H and O–H groups in total. The lowest BCUT2D eigenvalue weighted by Crippen LogP contribution is -2.35. The minimum Gasteiger partial charge on any atom is -0.264 e. The summed E-state index contributed by atoms with van der Waals surface area (Å²) in [5.41, 5.74) is 0. The molecule has 0 fully saturated rings. The Morgan fingerprint density at radius 1 is 0.533 bits per heavy atom. The smallest absolute Gasteiger partial charge is 0.264 e. The van der Waals surface area contributed by atoms with Crippen molar-refractivity contribution in [1.29, 1.82) is 0 Å². The second-order valence-corrected chi connectivity index (χ2v) is 10.0. The Bertz CT molecular complexity index is 604. The first-order valence-electron chi connectivity index (χ1n) is 11.4. The number of hydrogen-bond acceptors (Lipinski definition) is 6. The van der Waals surface area contributed by atoms with Crippen LogP contribution in [0, 0.1) is 0 Å². The van der Waals surface area contributed by atoms with Crippen LogP contribution in [0.4, 0.5) is 0 Å². The molecule has 0 aliphatic heterocycles. The quantitative estimate of drug-likeness (QED) is 0.161. The summed E-state index contributed by atoms with van der Waals surface area (Å²) in [6.45, 7) is 4.17. The van der Waals surface area contributed by atoms with Gasteiger partial charge in [-0.25, -0.2) is 8.37 Å². The topological polar surface area (TPSA) is 127 Å². The Balaban J connectivity index is 4.45. The highest BCUT2D eigenvalue weighted by molar-refractivity contribution is 7.81. The fourth-order valence-corrected chi connectivity index (χ4v) is 4.57. The minimum absolute atomic E-state index is 0.200. The van der Waals surface area contributed by atoms with Crippen molar-refractivity contribution in [3.63, 3.8) is 0 Å². The molecule has 0 rings (SSSR count). The van der Waals surface area contributed by atoms with Crippen molar-refractivity contribution in [2.75, 3.05) is 0 Å². The molecule has 182 valence electrons. The van der Waals surface area contributed by atoms with E-state index in [4.69, 9.17) is 13.3 Å². The second kappa shape index (κ2) is 17.3. The molecule has 0 bridgehead atoms. The van der Waals surface area contributed by atoms with E-state index in [1.807, 2.05) is 6.92 Å². The normalized spacial score (nSPS) is 14.7. The lowest BCUT2D eigenvalue weighted by atomic mass is 10.00. The van der Waals surface area contributed by atoms with E-state index in [-0.39, 0.29) is 12.8 Å². The fourth-order valence-electron chi connectivity index (χ4n) is 3.51. The molecule has 2 unspecified atom stereocenters. The molecule has 0 saturated carbocycles. The Morgan fingerprint density at radius 3 is 1.13 bits per heavy atom. The van der Waals surface area contributed by atoms with Crippen molar-refractivity contribution in [2.45, 2.75) is 129 Å². The summed E-state index contributed by atoms with van der Waals surface area (Å²) < 4.78 is 72.2. The third-order valence-electron chi connectivity index (χ3n) is 5.09. The maximum Gasteiger partial charge on any atom is 0.397 e. The van der Waals surface area contributed by atoms with E-state index in [1.165, 1.54) is 44.9 Å². The van der Waals surface area contributed by atoms with E-state index in [9.17, 15) is 16.8 Å². The molecule has 8 nitrogen and oxygen atoms in total. The lowest BCUT2D eigenvalue weighted by molar-refractivity contribution is 0.0332. The van der Waals surface area contributed by atoms with E-state index in [2.05, 4.69) is 11.1 Å². The van der Waals surface area contributed by atoms with Crippen LogP contribution in [-0.2, 0) is 29.2 Å². The van der Waals surface area contributed by atoms with Crippen LogP contribution in [0.15, 0.2) is 0 Å². The van der Waals surface area contributed by atoms with Crippen LogP contribution in [0.25, 0.3) is 0 Å². The zero-order valence-corrected chi connectivity index (χ0v) is 20.3. The first kappa shape index (κ1) is 29.7. The molecule has 0 heterocycles. The van der Waals surface area contributed by atoms with E-state index >= 15 is 0 Å². The van der Waals surface area contributed by atoms with Gasteiger partial charge in [-0.1, -0.05) is 104 Å². The van der Waals surface area contributed by atoms with Gasteiger partial charge in [-0.15, -0.1) is 0 Å². The molecule has 0 aromatic rings. The van der Waals surface area contributed by atoms with E-state index < -0.39 is 33.0 Å². The monoisotopic (exact) mass is 474 g/mol. The minimum atomic E-state index is -4.78. The molecule has 0 saturated heterocycles. The zero-order valence-electron chi connectivity index (χ0n) is 18.6. The van der Waals surface area contributed by atoms with Crippen molar-refractivity contribution in [2.24, 2.45) is 0 Å². The van der Waals surface area contributed by atoms with Crippen molar-refractivity contribution in [3.05, 3.63) is 0 Å². The van der Waals surface area contributed by atoms with Gasteiger partial charge < -0.3 is 0 Å². The molecule has 0 amide bonds. The van der Waals surface area contributed by atoms with Crippen LogP contribution < -0.4 is 0 Å². The summed E-state index contributed by atoms with van der Waals surface area (Å²) in [6, 6.07) is 0. The third kappa shape index (κ3) is 19.7. The Labute approximate surface area is 184 Å². The maximum absolute atomic E-state index is 11.2. The van der Waals surface area contributed by atoms with Gasteiger partial charge in [0, 0.05) is 0 Å². The molecule has 10 heteroatoms. The van der Waals surface area contributed by atoms with Gasteiger partial charge in [-0.2, -0.15) is 16.8 Å². The largest absolute Gasteiger partial charge is 0.397 e. The highest BCUT2D eigenvalue weighted by Gasteiger charge is 2.30. The molecular weight excluding hydrogens is 432 g/mol. The third-order valence-corrected chi connectivity index (χ3v) is 6.07. The molecule has 30 heavy (non-hydrogen) atoms. The summed E-state index contributed by atoms with van der Waals surface area (Å²) in [5, 5.41) is 0. The van der Waals surface area contributed by atoms with E-state index in [0.29, 0.717) is 12.8 Å². The van der Waals surface area contributed by atoms with Crippen LogP contribution >= 0.6 is 0 Å². The van der Waals surface area contributed by atoms with Gasteiger partial charge in [0.1, 0.15) is 12.2 Å². The standard InChI is InChI=1S/C20H42O8S2/c1-3-5-7-8-9-10-11-12-13-14-16-18-20(28-30(24,25)26)19(17-15-6-4-2)27-29(21,22)23/h19-20H,3-18H2,1-2H3,(H,21,22,23)(H,24,25,26). The van der Waals surface area contributed by atoms with Crippen LogP contribution in [0.5, 0.6) is 0 Å². The SMILES string of the molecule is CCCCCCCCCCCCCC(OS(=O)(=O)O)C(CCCCC)OS(=O)(=O)O. The second-order valence-electron chi connectivity index (χ2n) is 7.94. The highest BCUT2D eigenvalue weighted by atomic mass is 32.3. The van der Waals surface area contributed by atoms with Crippen molar-refractivity contribution >= 4 is 20.8 Å². The van der Waals surface area contributed by atoms with Gasteiger partial charge in [0.2, 0.25) is 0 Å². The molecule has 0 aliphatic rings. The van der Waals surface area contributed by atoms with Gasteiger partial charge >= 0.3 is 20.8 Å². The Kier molecular flexibility index (Phi) is 17.2. The zero-order chi connectivity index (χ0) is 22.9. The Morgan fingerprint density at radius 2 is 0.800 bits per heavy atom. The Hall–Kier alpha value is -0.260. The van der Waals surface area contributed by atoms with Gasteiger partial charge in [-0.05, 0) is 12.8 Å². The highest BCUT2D eigenvalue weighted by Crippen LogP contribution is 2.22. The summed E-state index contributed by atoms with van der Waals surface area (Å²) in [6.07, 6.45) is 12.7. The predicted octanol–water partition coefficient (Wildman–Crippen LogP) is 5.64. The molecule has 0 radical (unpaired) electrons. The van der Waals surface area contributed by atoms with Crippen LogP contribution in [-0.4, -0.2) is 38.1 Å². The van der Waals surface area contributed by atoms with Crippen molar-refractivity contribution in [3.8, 4) is 0 Å². The predicted molar refractivity (Wildman–Crippen MR) is 118 cm³/mol. The van der Waals surface area contributed by atoms with Gasteiger partial charge in [0.05, 0.1) is 0 Å². The van der Waals surface area contributed by atoms with Gasteiger partial charge in [-0.3, -0.25) is 9.11 Å². The molecule has 0 aromatic heterocycles. The first-order valence-corrected chi connectivity index (χ1v) is 14.1. The van der Waals surface area contributed by atoms with Crippen molar-refractivity contribution in [1.82, 2.24) is 0 Å². The average Bonchev–Trinajstić information content (AvgIpc) is 2.62. The summed E-state index contributed by atoms with van der Waals surface area (Å²) >= 11 is 0. The fraction of sp³-hybridized carbons (Fsp3) is 1.00. The first-order chi connectivity index (χ1) is 14.1. The number of unbranched alkanes of at least 4 members (excludes halogenated alkanes) is 12. The van der Waals surface area contributed by atoms with E-state index in [1.54, 1.807) is 0 Å². The summed E-state index contributed by atoms with van der Waals surface area (Å²) in [4.78, 5) is 0. The maximum atomic E-state index is 11.2. The number of hydrogen-bond donors (Lipinski definition) is 2. The van der Waals surface area contributed by atoms with Crippen LogP contribution in [0.2, 0.25) is 0 Å². The number of rotatable bonds is 21. The van der Waals surface area contributed by atoms with Gasteiger partial charge in [0.15, 0.2) is 0 Å². The molecule has 2 atom stereocenters. The van der Waals surface area contributed by atoms with E-state index in [0.717, 1.165) is 32.1 Å². The summed E-state index contributed by atoms with van der Waals surface area (Å²) in [7, 11) is -9.55. The molecule has 0 aromatic carbocycles. The molecular formula is C20H42O8S2. The van der Waals surface area contributed by atoms with Crippen molar-refractivity contribution < 1.29 is 34.3 Å². The summed E-state index contributed by atoms with van der Waals surface area (Å²) in [5.74, 6) is 0. The lowest BCUT2D eigenvalue weighted by Gasteiger charge is -2.24. The average molecular weight is 475 g/mol. The van der Waals surface area contributed by atoms with Gasteiger partial charge in [0.25, 0.3) is 0 Å². The van der Waals surface area contributed by atoms with Crippen LogP contribution in [0.1, 0.15) is 117 Å². The molecule has 0 spiro atoms. The van der Waals surface area contributed by atoms with Crippen LogP contribution in [0.3, 0.4) is 0 Å².